The highest BCUT2D eigenvalue weighted by atomic mass is 32.2. The molecule has 1 atom stereocenters. The summed E-state index contributed by atoms with van der Waals surface area (Å²) in [5.41, 5.74) is 0.134. The molecule has 2 aromatic rings. The van der Waals surface area contributed by atoms with E-state index in [1.165, 1.54) is 22.8 Å². The van der Waals surface area contributed by atoms with Crippen LogP contribution in [0, 0.1) is 6.92 Å². The summed E-state index contributed by atoms with van der Waals surface area (Å²) in [7, 11) is -3.63. The van der Waals surface area contributed by atoms with Crippen molar-refractivity contribution in [2.75, 3.05) is 19.7 Å². The molecular weight excluding hydrogens is 310 g/mol. The van der Waals surface area contributed by atoms with Crippen LogP contribution in [0.4, 0.5) is 0 Å². The minimum absolute atomic E-state index is 0.100. The van der Waals surface area contributed by atoms with Crippen molar-refractivity contribution in [2.45, 2.75) is 17.9 Å². The molecule has 10 heteroatoms. The molecule has 1 fully saturated rings. The van der Waals surface area contributed by atoms with E-state index in [0.717, 1.165) is 0 Å². The van der Waals surface area contributed by atoms with Gasteiger partial charge in [-0.05, 0) is 6.92 Å². The van der Waals surface area contributed by atoms with Gasteiger partial charge in [0.25, 0.3) is 5.56 Å². The molecule has 2 aromatic heterocycles. The third-order valence-electron chi connectivity index (χ3n) is 3.35. The first-order chi connectivity index (χ1) is 10.5. The zero-order valence-electron chi connectivity index (χ0n) is 11.8. The average molecular weight is 325 g/mol. The minimum atomic E-state index is -3.63. The average Bonchev–Trinajstić information content (AvgIpc) is 3.01. The van der Waals surface area contributed by atoms with Crippen molar-refractivity contribution in [1.29, 1.82) is 0 Å². The van der Waals surface area contributed by atoms with Gasteiger partial charge >= 0.3 is 0 Å². The molecule has 0 radical (unpaired) electrons. The molecule has 0 amide bonds. The Morgan fingerprint density at radius 3 is 2.95 bits per heavy atom. The lowest BCUT2D eigenvalue weighted by molar-refractivity contribution is -0.00515. The number of nitrogens with one attached hydrogen (secondary N) is 2. The molecule has 0 aliphatic carbocycles. The Labute approximate surface area is 126 Å². The Bertz CT molecular complexity index is 814. The highest BCUT2D eigenvalue weighted by molar-refractivity contribution is 7.89. The van der Waals surface area contributed by atoms with Gasteiger partial charge in [-0.2, -0.15) is 9.40 Å². The Kier molecular flexibility index (Phi) is 3.81. The number of ether oxygens (including phenoxy) is 1. The quantitative estimate of drug-likeness (QED) is 0.789. The molecule has 0 unspecified atom stereocenters. The number of hydrogen-bond donors (Lipinski definition) is 2. The molecule has 22 heavy (non-hydrogen) atoms. The summed E-state index contributed by atoms with van der Waals surface area (Å²) in [6, 6.07) is 1.33. The molecule has 1 aliphatic heterocycles. The number of morpholine rings is 1. The highest BCUT2D eigenvalue weighted by Gasteiger charge is 2.32. The lowest BCUT2D eigenvalue weighted by Crippen LogP contribution is -2.42. The zero-order chi connectivity index (χ0) is 15.7. The Morgan fingerprint density at radius 1 is 1.45 bits per heavy atom. The predicted octanol–water partition coefficient (Wildman–Crippen LogP) is -0.436. The van der Waals surface area contributed by atoms with Crippen molar-refractivity contribution in [3.05, 3.63) is 40.3 Å². The van der Waals surface area contributed by atoms with Crippen LogP contribution in [-0.4, -0.2) is 52.6 Å². The normalized spacial score (nSPS) is 20.1. The van der Waals surface area contributed by atoms with Crippen molar-refractivity contribution in [2.24, 2.45) is 0 Å². The molecule has 1 aliphatic rings. The van der Waals surface area contributed by atoms with Gasteiger partial charge in [0.1, 0.15) is 16.8 Å². The topological polar surface area (TPSA) is 121 Å². The summed E-state index contributed by atoms with van der Waals surface area (Å²) in [6.45, 7) is 2.23. The van der Waals surface area contributed by atoms with Crippen LogP contribution in [0.15, 0.2) is 28.2 Å². The Hall–Kier alpha value is -2.04. The van der Waals surface area contributed by atoms with Crippen LogP contribution in [0.25, 0.3) is 0 Å². The summed E-state index contributed by atoms with van der Waals surface area (Å²) in [4.78, 5) is 18.4. The van der Waals surface area contributed by atoms with Crippen molar-refractivity contribution in [3.63, 3.8) is 0 Å². The fraction of sp³-hybridized carbons (Fsp3) is 0.417. The van der Waals surface area contributed by atoms with Crippen LogP contribution in [0.2, 0.25) is 0 Å². The van der Waals surface area contributed by atoms with Gasteiger partial charge in [-0.3, -0.25) is 9.89 Å². The second-order valence-electron chi connectivity index (χ2n) is 4.91. The predicted molar refractivity (Wildman–Crippen MR) is 75.6 cm³/mol. The van der Waals surface area contributed by atoms with E-state index in [2.05, 4.69) is 20.2 Å². The van der Waals surface area contributed by atoms with Crippen molar-refractivity contribution in [3.8, 4) is 0 Å². The third kappa shape index (κ3) is 2.80. The number of aryl methyl sites for hydroxylation is 1. The van der Waals surface area contributed by atoms with E-state index in [-0.39, 0.29) is 30.2 Å². The molecule has 0 spiro atoms. The van der Waals surface area contributed by atoms with Gasteiger partial charge in [0, 0.05) is 25.4 Å². The number of H-pyrrole nitrogens is 2. The van der Waals surface area contributed by atoms with Crippen molar-refractivity contribution >= 4 is 10.0 Å². The van der Waals surface area contributed by atoms with Crippen LogP contribution < -0.4 is 5.56 Å². The van der Waals surface area contributed by atoms with E-state index in [4.69, 9.17) is 4.74 Å². The number of aromatic nitrogens is 4. The highest BCUT2D eigenvalue weighted by Crippen LogP contribution is 2.24. The van der Waals surface area contributed by atoms with E-state index in [1.807, 2.05) is 0 Å². The number of sulfonamides is 1. The van der Waals surface area contributed by atoms with Crippen molar-refractivity contribution < 1.29 is 13.2 Å². The van der Waals surface area contributed by atoms with E-state index in [9.17, 15) is 13.2 Å². The van der Waals surface area contributed by atoms with Gasteiger partial charge in [-0.1, -0.05) is 0 Å². The lowest BCUT2D eigenvalue weighted by Gasteiger charge is -2.31. The van der Waals surface area contributed by atoms with Gasteiger partial charge in [0.15, 0.2) is 0 Å². The van der Waals surface area contributed by atoms with E-state index in [0.29, 0.717) is 11.5 Å². The van der Waals surface area contributed by atoms with E-state index < -0.39 is 16.1 Å². The largest absolute Gasteiger partial charge is 0.369 e. The smallest absolute Gasteiger partial charge is 0.251 e. The second-order valence-corrected chi connectivity index (χ2v) is 6.85. The molecule has 3 rings (SSSR count). The summed E-state index contributed by atoms with van der Waals surface area (Å²) in [5.74, 6) is 0.459. The van der Waals surface area contributed by atoms with Crippen LogP contribution in [0.1, 0.15) is 17.6 Å². The third-order valence-corrected chi connectivity index (χ3v) is 5.18. The first-order valence-electron chi connectivity index (χ1n) is 6.65. The Morgan fingerprint density at radius 2 is 2.27 bits per heavy atom. The maximum absolute atomic E-state index is 12.5. The van der Waals surface area contributed by atoms with Crippen LogP contribution in [0.5, 0.6) is 0 Å². The van der Waals surface area contributed by atoms with Crippen LogP contribution >= 0.6 is 0 Å². The standard InChI is InChI=1S/C12H15N5O4S/c1-8-15-10(4-12(18)16-8)11-7-17(2-3-21-11)22(19,20)9-5-13-14-6-9/h4-6,11H,2-3,7H2,1H3,(H,13,14)(H,15,16,18)/t11-/m1/s1. The van der Waals surface area contributed by atoms with E-state index >= 15 is 0 Å². The summed E-state index contributed by atoms with van der Waals surface area (Å²) in [6.07, 6.45) is 2.02. The van der Waals surface area contributed by atoms with Gasteiger partial charge in [0.2, 0.25) is 10.0 Å². The molecule has 0 bridgehead atoms. The molecule has 9 nitrogen and oxygen atoms in total. The summed E-state index contributed by atoms with van der Waals surface area (Å²) in [5, 5.41) is 6.15. The molecule has 118 valence electrons. The molecular formula is C12H15N5O4S. The van der Waals surface area contributed by atoms with Crippen LogP contribution in [-0.2, 0) is 14.8 Å². The second kappa shape index (κ2) is 5.63. The number of aromatic amines is 2. The Balaban J connectivity index is 1.87. The monoisotopic (exact) mass is 325 g/mol. The maximum Gasteiger partial charge on any atom is 0.251 e. The van der Waals surface area contributed by atoms with Gasteiger partial charge in [-0.25, -0.2) is 13.4 Å². The molecule has 1 saturated heterocycles. The van der Waals surface area contributed by atoms with E-state index in [1.54, 1.807) is 6.92 Å². The molecule has 0 saturated carbocycles. The first-order valence-corrected chi connectivity index (χ1v) is 8.09. The number of rotatable bonds is 3. The van der Waals surface area contributed by atoms with Gasteiger partial charge < -0.3 is 9.72 Å². The fourth-order valence-corrected chi connectivity index (χ4v) is 3.65. The van der Waals surface area contributed by atoms with Crippen molar-refractivity contribution in [1.82, 2.24) is 24.5 Å². The molecule has 3 heterocycles. The molecule has 2 N–H and O–H groups in total. The number of hydrogen-bond acceptors (Lipinski definition) is 6. The van der Waals surface area contributed by atoms with Gasteiger partial charge in [-0.15, -0.1) is 0 Å². The number of nitrogens with zero attached hydrogens (tertiary/aromatic N) is 3. The summed E-state index contributed by atoms with van der Waals surface area (Å²) >= 11 is 0. The first kappa shape index (κ1) is 14.9. The molecule has 0 aromatic carbocycles. The fourth-order valence-electron chi connectivity index (χ4n) is 2.32. The van der Waals surface area contributed by atoms with Gasteiger partial charge in [0.05, 0.1) is 18.5 Å². The lowest BCUT2D eigenvalue weighted by atomic mass is 10.2. The zero-order valence-corrected chi connectivity index (χ0v) is 12.6. The summed E-state index contributed by atoms with van der Waals surface area (Å²) < 4.78 is 31.8. The van der Waals surface area contributed by atoms with Crippen LogP contribution in [0.3, 0.4) is 0 Å². The SMILES string of the molecule is Cc1nc([C@H]2CN(S(=O)(=O)c3cn[nH]c3)CCO2)cc(=O)[nH]1. The maximum atomic E-state index is 12.5. The minimum Gasteiger partial charge on any atom is -0.369 e.